The number of rotatable bonds is 2. The first kappa shape index (κ1) is 12.8. The van der Waals surface area contributed by atoms with Crippen molar-refractivity contribution in [1.82, 2.24) is 0 Å². The molecule has 0 N–H and O–H groups in total. The van der Waals surface area contributed by atoms with Crippen LogP contribution >= 0.6 is 0 Å². The Bertz CT molecular complexity index is 530. The van der Waals surface area contributed by atoms with Gasteiger partial charge < -0.3 is 4.74 Å². The minimum absolute atomic E-state index is 0.218. The number of benzene rings is 1. The summed E-state index contributed by atoms with van der Waals surface area (Å²) < 4.78 is 7.16. The highest BCUT2D eigenvalue weighted by Crippen LogP contribution is 2.21. The minimum atomic E-state index is -0.218. The monoisotopic (exact) mass is 246 g/mol. The molecule has 1 heterocycles. The van der Waals surface area contributed by atoms with Gasteiger partial charge >= 0.3 is 5.97 Å². The molecule has 0 unspecified atom stereocenters. The van der Waals surface area contributed by atoms with Crippen molar-refractivity contribution in [3.63, 3.8) is 0 Å². The fraction of sp³-hybridized carbons (Fsp3) is 0.467. The van der Waals surface area contributed by atoms with Gasteiger partial charge in [0.25, 0.3) is 5.71 Å². The van der Waals surface area contributed by atoms with Gasteiger partial charge in [-0.2, -0.15) is 0 Å². The van der Waals surface area contributed by atoms with Crippen molar-refractivity contribution in [2.75, 3.05) is 20.2 Å². The predicted molar refractivity (Wildman–Crippen MR) is 71.4 cm³/mol. The number of nitrogens with zero attached hydrogens (tertiary/aromatic N) is 1. The first-order chi connectivity index (χ1) is 8.54. The summed E-state index contributed by atoms with van der Waals surface area (Å²) in [6.45, 7) is 7.30. The van der Waals surface area contributed by atoms with E-state index >= 15 is 0 Å². The predicted octanol–water partition coefficient (Wildman–Crippen LogP) is 1.85. The average Bonchev–Trinajstić information content (AvgIpc) is 2.31. The fourth-order valence-electron chi connectivity index (χ4n) is 2.37. The van der Waals surface area contributed by atoms with Crippen molar-refractivity contribution in [2.45, 2.75) is 27.2 Å². The molecule has 3 heteroatoms. The lowest BCUT2D eigenvalue weighted by atomic mass is 9.92. The Morgan fingerprint density at radius 1 is 1.33 bits per heavy atom. The second-order valence-electron chi connectivity index (χ2n) is 4.83. The summed E-state index contributed by atoms with van der Waals surface area (Å²) in [5, 5.41) is 0. The Hall–Kier alpha value is -1.64. The van der Waals surface area contributed by atoms with E-state index in [1.807, 2.05) is 18.5 Å². The van der Waals surface area contributed by atoms with Gasteiger partial charge in [-0.05, 0) is 43.5 Å². The highest BCUT2D eigenvalue weighted by atomic mass is 16.5. The molecule has 0 atom stereocenters. The molecule has 0 amide bonds. The van der Waals surface area contributed by atoms with Gasteiger partial charge in [0.15, 0.2) is 0 Å². The van der Waals surface area contributed by atoms with Crippen molar-refractivity contribution >= 4 is 11.7 Å². The van der Waals surface area contributed by atoms with E-state index in [2.05, 4.69) is 26.0 Å². The molecule has 0 aliphatic carbocycles. The molecule has 2 rings (SSSR count). The summed E-state index contributed by atoms with van der Waals surface area (Å²) in [6, 6.07) is 4.30. The first-order valence-corrected chi connectivity index (χ1v) is 6.40. The van der Waals surface area contributed by atoms with Gasteiger partial charge in [0, 0.05) is 6.42 Å². The summed E-state index contributed by atoms with van der Waals surface area (Å²) in [5.74, 6) is -0.218. The third-order valence-corrected chi connectivity index (χ3v) is 3.54. The molecule has 0 saturated heterocycles. The molecule has 0 spiro atoms. The molecule has 1 aliphatic heterocycles. The molecule has 96 valence electrons. The lowest BCUT2D eigenvalue weighted by Gasteiger charge is -2.17. The van der Waals surface area contributed by atoms with Crippen LogP contribution in [0.3, 0.4) is 0 Å². The van der Waals surface area contributed by atoms with Gasteiger partial charge in [-0.25, -0.2) is 9.37 Å². The van der Waals surface area contributed by atoms with Crippen molar-refractivity contribution in [3.8, 4) is 0 Å². The zero-order chi connectivity index (χ0) is 13.3. The van der Waals surface area contributed by atoms with Crippen LogP contribution < -0.4 is 0 Å². The topological polar surface area (TPSA) is 29.3 Å². The number of ether oxygens (including phenoxy) is 1. The third kappa shape index (κ3) is 2.17. The second-order valence-corrected chi connectivity index (χ2v) is 4.83. The molecular weight excluding hydrogens is 226 g/mol. The minimum Gasteiger partial charge on any atom is -0.458 e. The molecule has 0 saturated carbocycles. The Morgan fingerprint density at radius 2 is 2.00 bits per heavy atom. The lowest BCUT2D eigenvalue weighted by molar-refractivity contribution is -0.497. The van der Waals surface area contributed by atoms with E-state index in [1.165, 1.54) is 16.7 Å². The summed E-state index contributed by atoms with van der Waals surface area (Å²) in [7, 11) is 1.95. The largest absolute Gasteiger partial charge is 0.458 e. The normalized spacial score (nSPS) is 14.4. The maximum absolute atomic E-state index is 12.1. The van der Waals surface area contributed by atoms with Gasteiger partial charge in [-0.3, -0.25) is 0 Å². The van der Waals surface area contributed by atoms with E-state index in [1.54, 1.807) is 0 Å². The summed E-state index contributed by atoms with van der Waals surface area (Å²) in [6.07, 6.45) is 0.982. The maximum atomic E-state index is 12.1. The van der Waals surface area contributed by atoms with Gasteiger partial charge in [0.1, 0.15) is 13.6 Å². The lowest BCUT2D eigenvalue weighted by Crippen LogP contribution is -2.34. The molecular formula is C15H20NO2+. The van der Waals surface area contributed by atoms with Gasteiger partial charge in [0.05, 0.1) is 12.2 Å². The number of hydrogen-bond donors (Lipinski definition) is 0. The molecule has 0 bridgehead atoms. The summed E-state index contributed by atoms with van der Waals surface area (Å²) >= 11 is 0. The number of aryl methyl sites for hydroxylation is 2. The molecule has 18 heavy (non-hydrogen) atoms. The number of carbonyl (C=O) groups excluding carboxylic acids is 1. The Balaban J connectivity index is 2.54. The quantitative estimate of drug-likeness (QED) is 0.589. The van der Waals surface area contributed by atoms with Crippen LogP contribution in [0.5, 0.6) is 0 Å². The summed E-state index contributed by atoms with van der Waals surface area (Å²) in [5.41, 5.74) is 5.47. The van der Waals surface area contributed by atoms with E-state index in [4.69, 9.17) is 4.74 Å². The molecule has 3 nitrogen and oxygen atoms in total. The molecule has 0 fully saturated rings. The first-order valence-electron chi connectivity index (χ1n) is 6.40. The third-order valence-electron chi connectivity index (χ3n) is 3.54. The Labute approximate surface area is 108 Å². The van der Waals surface area contributed by atoms with E-state index in [0.717, 1.165) is 18.5 Å². The number of hydrogen-bond acceptors (Lipinski definition) is 2. The van der Waals surface area contributed by atoms with Crippen molar-refractivity contribution in [1.29, 1.82) is 0 Å². The summed E-state index contributed by atoms with van der Waals surface area (Å²) in [4.78, 5) is 12.1. The van der Waals surface area contributed by atoms with Crippen LogP contribution in [0, 0.1) is 13.8 Å². The molecule has 1 aromatic rings. The van der Waals surface area contributed by atoms with Crippen LogP contribution in [0.15, 0.2) is 12.1 Å². The van der Waals surface area contributed by atoms with Crippen LogP contribution in [0.25, 0.3) is 0 Å². The number of esters is 1. The standard InChI is InChI=1S/C15H20NO2/c1-5-18-15(17)14-13-9-11(3)10(2)8-12(13)6-7-16(14)4/h8-9H,5-7H2,1-4H3/q+1. The van der Waals surface area contributed by atoms with Crippen LogP contribution in [-0.2, 0) is 16.0 Å². The zero-order valence-corrected chi connectivity index (χ0v) is 11.5. The van der Waals surface area contributed by atoms with Crippen LogP contribution in [0.4, 0.5) is 0 Å². The van der Waals surface area contributed by atoms with Crippen molar-refractivity contribution in [2.24, 2.45) is 0 Å². The van der Waals surface area contributed by atoms with Gasteiger partial charge in [-0.15, -0.1) is 0 Å². The SMILES string of the molecule is CCOC(=O)C1=[N+](C)CCc2cc(C)c(C)cc21. The van der Waals surface area contributed by atoms with Crippen molar-refractivity contribution < 1.29 is 14.1 Å². The molecule has 1 aromatic carbocycles. The number of fused-ring (bicyclic) bond motifs is 1. The Kier molecular flexibility index (Phi) is 3.50. The maximum Gasteiger partial charge on any atom is 0.403 e. The number of likely N-dealkylation sites (N-methyl/N-ethyl adjacent to an activating group) is 1. The fourth-order valence-corrected chi connectivity index (χ4v) is 2.37. The highest BCUT2D eigenvalue weighted by molar-refractivity contribution is 6.41. The zero-order valence-electron chi connectivity index (χ0n) is 11.5. The van der Waals surface area contributed by atoms with Crippen LogP contribution in [0.1, 0.15) is 29.2 Å². The van der Waals surface area contributed by atoms with Crippen LogP contribution in [0.2, 0.25) is 0 Å². The molecule has 0 radical (unpaired) electrons. The van der Waals surface area contributed by atoms with E-state index in [-0.39, 0.29) is 5.97 Å². The number of carbonyl (C=O) groups is 1. The smallest absolute Gasteiger partial charge is 0.403 e. The van der Waals surface area contributed by atoms with Crippen LogP contribution in [-0.4, -0.2) is 36.5 Å². The van der Waals surface area contributed by atoms with E-state index in [0.29, 0.717) is 12.3 Å². The van der Waals surface area contributed by atoms with Gasteiger partial charge in [0.2, 0.25) is 0 Å². The molecule has 1 aliphatic rings. The van der Waals surface area contributed by atoms with Crippen molar-refractivity contribution in [3.05, 3.63) is 34.4 Å². The Morgan fingerprint density at radius 3 is 2.67 bits per heavy atom. The average molecular weight is 246 g/mol. The highest BCUT2D eigenvalue weighted by Gasteiger charge is 2.31. The van der Waals surface area contributed by atoms with E-state index in [9.17, 15) is 4.79 Å². The van der Waals surface area contributed by atoms with E-state index < -0.39 is 0 Å². The second kappa shape index (κ2) is 4.92. The van der Waals surface area contributed by atoms with Gasteiger partial charge in [-0.1, -0.05) is 6.07 Å². The molecule has 0 aromatic heterocycles.